The SMILES string of the molecule is Cc1nc(C)c2c(n1)CCC(CNC(C)C)C2. The average molecular weight is 233 g/mol. The molecule has 0 radical (unpaired) electrons. The fourth-order valence-corrected chi connectivity index (χ4v) is 2.59. The predicted octanol–water partition coefficient (Wildman–Crippen LogP) is 2.20. The first-order chi connectivity index (χ1) is 8.06. The maximum absolute atomic E-state index is 4.57. The molecule has 0 bridgehead atoms. The van der Waals surface area contributed by atoms with Crippen LogP contribution in [0.15, 0.2) is 0 Å². The first-order valence-corrected chi connectivity index (χ1v) is 6.62. The lowest BCUT2D eigenvalue weighted by Crippen LogP contribution is -2.32. The fourth-order valence-electron chi connectivity index (χ4n) is 2.59. The molecule has 1 aliphatic rings. The van der Waals surface area contributed by atoms with Gasteiger partial charge < -0.3 is 5.32 Å². The molecule has 94 valence electrons. The molecule has 3 heteroatoms. The van der Waals surface area contributed by atoms with Crippen LogP contribution in [-0.2, 0) is 12.8 Å². The highest BCUT2D eigenvalue weighted by atomic mass is 14.9. The van der Waals surface area contributed by atoms with Gasteiger partial charge in [-0.2, -0.15) is 0 Å². The molecule has 1 heterocycles. The zero-order chi connectivity index (χ0) is 12.4. The van der Waals surface area contributed by atoms with E-state index < -0.39 is 0 Å². The Morgan fingerprint density at radius 2 is 2.06 bits per heavy atom. The summed E-state index contributed by atoms with van der Waals surface area (Å²) in [6.45, 7) is 9.62. The van der Waals surface area contributed by atoms with Crippen molar-refractivity contribution in [2.45, 2.75) is 53.0 Å². The number of nitrogens with zero attached hydrogens (tertiary/aromatic N) is 2. The molecule has 2 rings (SSSR count). The topological polar surface area (TPSA) is 37.8 Å². The fraction of sp³-hybridized carbons (Fsp3) is 0.714. The number of aromatic nitrogens is 2. The van der Waals surface area contributed by atoms with E-state index in [2.05, 4.69) is 36.1 Å². The molecule has 1 aromatic heterocycles. The van der Waals surface area contributed by atoms with Gasteiger partial charge in [-0.1, -0.05) is 13.8 Å². The summed E-state index contributed by atoms with van der Waals surface area (Å²) in [5.74, 6) is 1.66. The average Bonchev–Trinajstić information content (AvgIpc) is 2.26. The van der Waals surface area contributed by atoms with Gasteiger partial charge in [0, 0.05) is 17.4 Å². The lowest BCUT2D eigenvalue weighted by atomic mass is 9.85. The van der Waals surface area contributed by atoms with Gasteiger partial charge in [0.15, 0.2) is 0 Å². The Hall–Kier alpha value is -0.960. The Labute approximate surface area is 104 Å². The summed E-state index contributed by atoms with van der Waals surface area (Å²) in [4.78, 5) is 9.06. The Balaban J connectivity index is 2.08. The Kier molecular flexibility index (Phi) is 3.77. The van der Waals surface area contributed by atoms with E-state index in [0.29, 0.717) is 6.04 Å². The van der Waals surface area contributed by atoms with Gasteiger partial charge in [0.05, 0.1) is 0 Å². The first kappa shape index (κ1) is 12.5. The molecule has 1 N–H and O–H groups in total. The van der Waals surface area contributed by atoms with Gasteiger partial charge in [0.25, 0.3) is 0 Å². The maximum Gasteiger partial charge on any atom is 0.125 e. The van der Waals surface area contributed by atoms with Gasteiger partial charge in [-0.15, -0.1) is 0 Å². The van der Waals surface area contributed by atoms with Gasteiger partial charge in [0.1, 0.15) is 5.82 Å². The largest absolute Gasteiger partial charge is 0.314 e. The summed E-state index contributed by atoms with van der Waals surface area (Å²) in [5, 5.41) is 3.54. The van der Waals surface area contributed by atoms with Crippen molar-refractivity contribution in [1.29, 1.82) is 0 Å². The minimum Gasteiger partial charge on any atom is -0.314 e. The number of nitrogens with one attached hydrogen (secondary N) is 1. The third-order valence-corrected chi connectivity index (χ3v) is 3.51. The lowest BCUT2D eigenvalue weighted by Gasteiger charge is -2.26. The summed E-state index contributed by atoms with van der Waals surface area (Å²) in [6, 6.07) is 0.576. The standard InChI is InChI=1S/C14H23N3/c1-9(2)15-8-12-5-6-14-13(7-12)10(3)16-11(4)17-14/h9,12,15H,5-8H2,1-4H3. The highest BCUT2D eigenvalue weighted by molar-refractivity contribution is 5.28. The normalized spacial score (nSPS) is 19.5. The molecule has 1 unspecified atom stereocenters. The van der Waals surface area contributed by atoms with Crippen LogP contribution in [0.2, 0.25) is 0 Å². The van der Waals surface area contributed by atoms with E-state index in [1.165, 1.54) is 23.4 Å². The second kappa shape index (κ2) is 5.13. The van der Waals surface area contributed by atoms with Crippen LogP contribution in [0, 0.1) is 19.8 Å². The van der Waals surface area contributed by atoms with E-state index in [9.17, 15) is 0 Å². The molecule has 0 saturated heterocycles. The van der Waals surface area contributed by atoms with Crippen molar-refractivity contribution < 1.29 is 0 Å². The van der Waals surface area contributed by atoms with Crippen LogP contribution >= 0.6 is 0 Å². The van der Waals surface area contributed by atoms with E-state index in [1.54, 1.807) is 0 Å². The van der Waals surface area contributed by atoms with Gasteiger partial charge in [-0.25, -0.2) is 9.97 Å². The van der Waals surface area contributed by atoms with Gasteiger partial charge in [-0.3, -0.25) is 0 Å². The van der Waals surface area contributed by atoms with Crippen LogP contribution in [0.4, 0.5) is 0 Å². The highest BCUT2D eigenvalue weighted by Crippen LogP contribution is 2.25. The van der Waals surface area contributed by atoms with Crippen LogP contribution < -0.4 is 5.32 Å². The molecule has 0 saturated carbocycles. The van der Waals surface area contributed by atoms with E-state index in [0.717, 1.165) is 31.1 Å². The molecule has 0 amide bonds. The number of aryl methyl sites for hydroxylation is 3. The third-order valence-electron chi connectivity index (χ3n) is 3.51. The number of fused-ring (bicyclic) bond motifs is 1. The minimum atomic E-state index is 0.576. The van der Waals surface area contributed by atoms with Crippen molar-refractivity contribution >= 4 is 0 Å². The van der Waals surface area contributed by atoms with Gasteiger partial charge >= 0.3 is 0 Å². The molecule has 0 aliphatic heterocycles. The van der Waals surface area contributed by atoms with Crippen LogP contribution in [0.1, 0.15) is 43.0 Å². The third kappa shape index (κ3) is 3.03. The summed E-state index contributed by atoms with van der Waals surface area (Å²) in [6.07, 6.45) is 3.51. The molecular weight excluding hydrogens is 210 g/mol. The Bertz CT molecular complexity index is 399. The molecule has 1 atom stereocenters. The summed E-state index contributed by atoms with van der Waals surface area (Å²) in [5.41, 5.74) is 3.87. The number of hydrogen-bond acceptors (Lipinski definition) is 3. The first-order valence-electron chi connectivity index (χ1n) is 6.62. The Morgan fingerprint density at radius 3 is 2.76 bits per heavy atom. The quantitative estimate of drug-likeness (QED) is 0.869. The van der Waals surface area contributed by atoms with E-state index in [-0.39, 0.29) is 0 Å². The van der Waals surface area contributed by atoms with E-state index >= 15 is 0 Å². The highest BCUT2D eigenvalue weighted by Gasteiger charge is 2.22. The van der Waals surface area contributed by atoms with Gasteiger partial charge in [0.2, 0.25) is 0 Å². The van der Waals surface area contributed by atoms with Gasteiger partial charge in [-0.05, 0) is 51.1 Å². The zero-order valence-corrected chi connectivity index (χ0v) is 11.4. The lowest BCUT2D eigenvalue weighted by molar-refractivity contribution is 0.401. The molecular formula is C14H23N3. The van der Waals surface area contributed by atoms with Crippen molar-refractivity contribution in [2.75, 3.05) is 6.54 Å². The summed E-state index contributed by atoms with van der Waals surface area (Å²) in [7, 11) is 0. The number of rotatable bonds is 3. The smallest absolute Gasteiger partial charge is 0.125 e. The molecule has 0 aromatic carbocycles. The summed E-state index contributed by atoms with van der Waals surface area (Å²) >= 11 is 0. The molecule has 1 aromatic rings. The van der Waals surface area contributed by atoms with E-state index in [4.69, 9.17) is 0 Å². The zero-order valence-electron chi connectivity index (χ0n) is 11.4. The second-order valence-electron chi connectivity index (χ2n) is 5.45. The monoisotopic (exact) mass is 233 g/mol. The number of hydrogen-bond donors (Lipinski definition) is 1. The van der Waals surface area contributed by atoms with Crippen molar-refractivity contribution in [3.8, 4) is 0 Å². The van der Waals surface area contributed by atoms with Crippen LogP contribution in [-0.4, -0.2) is 22.6 Å². The van der Waals surface area contributed by atoms with Crippen molar-refractivity contribution in [3.63, 3.8) is 0 Å². The Morgan fingerprint density at radius 1 is 1.29 bits per heavy atom. The van der Waals surface area contributed by atoms with Crippen molar-refractivity contribution in [1.82, 2.24) is 15.3 Å². The van der Waals surface area contributed by atoms with Crippen LogP contribution in [0.5, 0.6) is 0 Å². The molecule has 0 fully saturated rings. The summed E-state index contributed by atoms with van der Waals surface area (Å²) < 4.78 is 0. The van der Waals surface area contributed by atoms with Crippen LogP contribution in [0.25, 0.3) is 0 Å². The van der Waals surface area contributed by atoms with Crippen LogP contribution in [0.3, 0.4) is 0 Å². The van der Waals surface area contributed by atoms with E-state index in [1.807, 2.05) is 6.92 Å². The molecule has 1 aliphatic carbocycles. The predicted molar refractivity (Wildman–Crippen MR) is 70.2 cm³/mol. The van der Waals surface area contributed by atoms with Crippen molar-refractivity contribution in [3.05, 3.63) is 22.8 Å². The molecule has 0 spiro atoms. The molecule has 17 heavy (non-hydrogen) atoms. The second-order valence-corrected chi connectivity index (χ2v) is 5.45. The maximum atomic E-state index is 4.57. The molecule has 3 nitrogen and oxygen atoms in total. The van der Waals surface area contributed by atoms with Crippen molar-refractivity contribution in [2.24, 2.45) is 5.92 Å². The minimum absolute atomic E-state index is 0.576.